The Morgan fingerprint density at radius 1 is 0.679 bits per heavy atom. The molecule has 340 valence electrons. The van der Waals surface area contributed by atoms with Crippen molar-refractivity contribution in [3.8, 4) is 0 Å². The minimum Gasteiger partial charge on any atom is -0.481 e. The molecule has 8 nitrogen and oxygen atoms in total. The van der Waals surface area contributed by atoms with Gasteiger partial charge in [0.05, 0.1) is 5.92 Å². The smallest absolute Gasteiger partial charge is 0.481 e. The number of halogens is 6. The van der Waals surface area contributed by atoms with E-state index in [9.17, 15) is 31.1 Å². The number of allylic oxidation sites excluding steroid dienone is 2. The van der Waals surface area contributed by atoms with Gasteiger partial charge in [-0.1, -0.05) is 45.6 Å². The summed E-state index contributed by atoms with van der Waals surface area (Å²) in [6.45, 7) is 4.80. The van der Waals surface area contributed by atoms with Crippen molar-refractivity contribution < 1.29 is 67.9 Å². The van der Waals surface area contributed by atoms with Crippen LogP contribution < -0.4 is 0 Å². The van der Waals surface area contributed by atoms with Crippen molar-refractivity contribution in [3.63, 3.8) is 0 Å². The molecular formula is C37H72F6O8S5. The summed E-state index contributed by atoms with van der Waals surface area (Å²) in [5, 5.41) is 8.97. The fourth-order valence-corrected chi connectivity index (χ4v) is 9.98. The number of thiol groups is 2. The SMILES string of the molecule is CC1CCC(C2CCC(C(=O)O)CC2)CC1.CC1CCC(C2CCC(C3=CCCCS3)CC2)CC1.O=S(=O)(O)C(F)(F)F.O=S(=O)(O)C(F)(F)F.SCCCS.[HH].[HH].[HH].[HH]. The van der Waals surface area contributed by atoms with Gasteiger partial charge in [-0.3, -0.25) is 13.9 Å². The lowest BCUT2D eigenvalue weighted by Crippen LogP contribution is -2.27. The van der Waals surface area contributed by atoms with E-state index in [1.807, 2.05) is 0 Å². The van der Waals surface area contributed by atoms with E-state index in [2.05, 4.69) is 56.9 Å². The van der Waals surface area contributed by atoms with Gasteiger partial charge in [0.1, 0.15) is 0 Å². The summed E-state index contributed by atoms with van der Waals surface area (Å²) in [7, 11) is -11.7. The lowest BCUT2D eigenvalue weighted by atomic mass is 9.69. The number of hydrogen-bond acceptors (Lipinski definition) is 8. The minimum absolute atomic E-state index is 0. The molecule has 5 aliphatic rings. The van der Waals surface area contributed by atoms with Crippen LogP contribution in [-0.4, -0.2) is 65.3 Å². The second kappa shape index (κ2) is 26.1. The monoisotopic (exact) mass is 918 g/mol. The van der Waals surface area contributed by atoms with Gasteiger partial charge in [0.15, 0.2) is 0 Å². The molecule has 5 rings (SSSR count). The quantitative estimate of drug-likeness (QED) is 0.0760. The Balaban J connectivity index is -0.000000347. The molecule has 1 aliphatic heterocycles. The molecule has 0 aromatic carbocycles. The molecule has 56 heavy (non-hydrogen) atoms. The number of carboxylic acids is 1. The standard InChI is InChI=1S/C18H30S.C14H24O2.C3H8S2.2CHF3O3S.4H2/c1-14-5-7-15(8-6-14)16-9-11-17(12-10-16)18-4-2-3-13-19-18;1-10-2-4-11(5-3-10)12-6-8-13(9-7-12)14(15)16;4-2-1-3-5;2*2-1(3,4)8(5,6)7;;;;/h4,14-17H,2-3,5-13H2,1H3;10-13H,2-9H2,1H3,(H,15,16);4-5H,1-3H2;2*(H,5,6,7);4*1H. The van der Waals surface area contributed by atoms with Crippen molar-refractivity contribution in [3.05, 3.63) is 11.0 Å². The third-order valence-electron chi connectivity index (χ3n) is 11.6. The molecule has 0 spiro atoms. The lowest BCUT2D eigenvalue weighted by Gasteiger charge is -2.38. The maximum Gasteiger partial charge on any atom is 0.522 e. The van der Waals surface area contributed by atoms with E-state index in [0.29, 0.717) is 0 Å². The summed E-state index contributed by atoms with van der Waals surface area (Å²) in [6.07, 6.45) is 28.3. The van der Waals surface area contributed by atoms with Crippen LogP contribution in [0.3, 0.4) is 0 Å². The van der Waals surface area contributed by atoms with E-state index in [1.54, 1.807) is 4.91 Å². The molecule has 0 bridgehead atoms. The Morgan fingerprint density at radius 3 is 1.25 bits per heavy atom. The van der Waals surface area contributed by atoms with Crippen LogP contribution >= 0.6 is 37.0 Å². The second-order valence-corrected chi connectivity index (χ2v) is 20.7. The predicted molar refractivity (Wildman–Crippen MR) is 227 cm³/mol. The largest absolute Gasteiger partial charge is 0.522 e. The average molecular weight is 919 g/mol. The molecule has 4 aliphatic carbocycles. The zero-order valence-electron chi connectivity index (χ0n) is 32.5. The summed E-state index contributed by atoms with van der Waals surface area (Å²) < 4.78 is 115. The topological polar surface area (TPSA) is 146 Å². The second-order valence-electron chi connectivity index (χ2n) is 15.8. The van der Waals surface area contributed by atoms with E-state index in [-0.39, 0.29) is 11.6 Å². The van der Waals surface area contributed by atoms with Crippen LogP contribution in [0.25, 0.3) is 0 Å². The van der Waals surface area contributed by atoms with Crippen molar-refractivity contribution in [2.45, 2.75) is 147 Å². The van der Waals surface area contributed by atoms with Crippen molar-refractivity contribution in [2.75, 3.05) is 17.3 Å². The van der Waals surface area contributed by atoms with Crippen LogP contribution in [0.15, 0.2) is 11.0 Å². The van der Waals surface area contributed by atoms with E-state index in [1.165, 1.54) is 95.6 Å². The zero-order chi connectivity index (χ0) is 42.7. The van der Waals surface area contributed by atoms with Gasteiger partial charge in [0, 0.05) is 5.71 Å². The highest BCUT2D eigenvalue weighted by Gasteiger charge is 2.45. The van der Waals surface area contributed by atoms with Gasteiger partial charge in [0.2, 0.25) is 0 Å². The van der Waals surface area contributed by atoms with Gasteiger partial charge in [-0.2, -0.15) is 68.4 Å². The Kier molecular flexibility index (Phi) is 25.0. The maximum absolute atomic E-state index is 10.9. The summed E-state index contributed by atoms with van der Waals surface area (Å²) in [5.74, 6) is 9.48. The summed E-state index contributed by atoms with van der Waals surface area (Å²) in [4.78, 5) is 12.6. The minimum atomic E-state index is -5.84. The molecule has 3 N–H and O–H groups in total. The highest BCUT2D eigenvalue weighted by atomic mass is 32.2. The molecule has 19 heteroatoms. The Labute approximate surface area is 352 Å². The Bertz CT molecular complexity index is 1320. The Morgan fingerprint density at radius 2 is 1.00 bits per heavy atom. The molecular weight excluding hydrogens is 847 g/mol. The molecule has 0 saturated heterocycles. The molecule has 0 aromatic heterocycles. The fraction of sp³-hybridized carbons (Fsp3) is 0.919. The number of hydrogen-bond donors (Lipinski definition) is 5. The molecule has 0 atom stereocenters. The number of carbonyl (C=O) groups is 1. The van der Waals surface area contributed by atoms with Gasteiger partial charge < -0.3 is 5.11 Å². The van der Waals surface area contributed by atoms with Crippen molar-refractivity contribution in [2.24, 2.45) is 47.3 Å². The van der Waals surface area contributed by atoms with E-state index < -0.39 is 37.2 Å². The van der Waals surface area contributed by atoms with Crippen molar-refractivity contribution >= 4 is 63.2 Å². The van der Waals surface area contributed by atoms with E-state index >= 15 is 0 Å². The van der Waals surface area contributed by atoms with E-state index in [4.69, 9.17) is 31.0 Å². The first kappa shape index (κ1) is 53.7. The van der Waals surface area contributed by atoms with Crippen molar-refractivity contribution in [1.29, 1.82) is 0 Å². The number of alkyl halides is 6. The van der Waals surface area contributed by atoms with E-state index in [0.717, 1.165) is 85.0 Å². The van der Waals surface area contributed by atoms with Crippen LogP contribution in [0.1, 0.15) is 142 Å². The van der Waals surface area contributed by atoms with Crippen LogP contribution in [0.2, 0.25) is 0 Å². The summed E-state index contributed by atoms with van der Waals surface area (Å²) in [6, 6.07) is 0. The van der Waals surface area contributed by atoms with Crippen LogP contribution in [0.4, 0.5) is 26.3 Å². The van der Waals surface area contributed by atoms with Gasteiger partial charge in [-0.05, 0) is 160 Å². The number of thioether (sulfide) groups is 1. The van der Waals surface area contributed by atoms with Gasteiger partial charge >= 0.3 is 37.2 Å². The zero-order valence-corrected chi connectivity index (χ0v) is 36.8. The highest BCUT2D eigenvalue weighted by molar-refractivity contribution is 8.03. The number of carboxylic acid groups (broad SMARTS) is 1. The van der Waals surface area contributed by atoms with Crippen LogP contribution in [-0.2, 0) is 25.0 Å². The van der Waals surface area contributed by atoms with Gasteiger partial charge in [-0.15, -0.1) is 11.8 Å². The summed E-state index contributed by atoms with van der Waals surface area (Å²) >= 11 is 10.1. The molecule has 0 unspecified atom stereocenters. The normalized spacial score (nSPS) is 30.2. The molecule has 4 saturated carbocycles. The third-order valence-corrected chi connectivity index (χ3v) is 14.7. The first-order valence-corrected chi connectivity index (χ1v) is 24.9. The number of rotatable bonds is 6. The fourth-order valence-electron chi connectivity index (χ4n) is 8.16. The molecule has 0 radical (unpaired) electrons. The Hall–Kier alpha value is -0.340. The molecule has 4 fully saturated rings. The average Bonchev–Trinajstić information content (AvgIpc) is 3.13. The molecule has 0 aromatic rings. The van der Waals surface area contributed by atoms with Gasteiger partial charge in [-0.25, -0.2) is 0 Å². The maximum atomic E-state index is 10.9. The van der Waals surface area contributed by atoms with Crippen LogP contribution in [0, 0.1) is 47.3 Å². The highest BCUT2D eigenvalue weighted by Crippen LogP contribution is 2.45. The first-order valence-electron chi connectivity index (χ1n) is 19.8. The predicted octanol–water partition coefficient (Wildman–Crippen LogP) is 12.7. The molecule has 1 heterocycles. The molecule has 0 amide bonds. The van der Waals surface area contributed by atoms with Crippen LogP contribution in [0.5, 0.6) is 0 Å². The first-order chi connectivity index (χ1) is 25.9. The van der Waals surface area contributed by atoms with Gasteiger partial charge in [0.25, 0.3) is 0 Å². The van der Waals surface area contributed by atoms with Crippen molar-refractivity contribution in [1.82, 2.24) is 0 Å². The number of aliphatic carboxylic acids is 1. The third kappa shape index (κ3) is 21.3. The lowest BCUT2D eigenvalue weighted by molar-refractivity contribution is -0.143. The summed E-state index contributed by atoms with van der Waals surface area (Å²) in [5.41, 5.74) is -11.1.